The van der Waals surface area contributed by atoms with Gasteiger partial charge >= 0.3 is 0 Å². The van der Waals surface area contributed by atoms with Crippen LogP contribution in [0.2, 0.25) is 0 Å². The Kier molecular flexibility index (Phi) is 4.60. The highest BCUT2D eigenvalue weighted by molar-refractivity contribution is 7.99. The molecular formula is C12H15N3O2S2. The lowest BCUT2D eigenvalue weighted by atomic mass is 10.2. The average molecular weight is 297 g/mol. The molecule has 2 rings (SSSR count). The Morgan fingerprint density at radius 2 is 2.21 bits per heavy atom. The zero-order valence-corrected chi connectivity index (χ0v) is 12.2. The average Bonchev–Trinajstić information content (AvgIpc) is 2.88. The number of sulfone groups is 1. The summed E-state index contributed by atoms with van der Waals surface area (Å²) >= 11 is 1.47. The molecule has 1 N–H and O–H groups in total. The van der Waals surface area contributed by atoms with Gasteiger partial charge in [-0.25, -0.2) is 13.4 Å². The smallest absolute Gasteiger partial charge is 0.183 e. The van der Waals surface area contributed by atoms with Gasteiger partial charge in [0.2, 0.25) is 0 Å². The second-order valence-corrected chi connectivity index (χ2v) is 7.32. The van der Waals surface area contributed by atoms with Crippen molar-refractivity contribution < 1.29 is 8.42 Å². The predicted octanol–water partition coefficient (Wildman–Crippen LogP) is 2.07. The Labute approximate surface area is 116 Å². The monoisotopic (exact) mass is 297 g/mol. The molecule has 1 aromatic carbocycles. The number of hydrogen-bond acceptors (Lipinski definition) is 5. The fourth-order valence-corrected chi connectivity index (χ4v) is 3.92. The summed E-state index contributed by atoms with van der Waals surface area (Å²) in [6, 6.07) is 7.01. The zero-order chi connectivity index (χ0) is 13.7. The van der Waals surface area contributed by atoms with Gasteiger partial charge in [-0.3, -0.25) is 5.10 Å². The van der Waals surface area contributed by atoms with Crippen LogP contribution in [0, 0.1) is 6.92 Å². The first-order valence-electron chi connectivity index (χ1n) is 5.85. The fourth-order valence-electron chi connectivity index (χ4n) is 1.61. The lowest BCUT2D eigenvalue weighted by Gasteiger charge is -2.04. The van der Waals surface area contributed by atoms with Crippen molar-refractivity contribution >= 4 is 21.6 Å². The number of hydrogen-bond donors (Lipinski definition) is 1. The molecule has 0 unspecified atom stereocenters. The number of aromatic nitrogens is 3. The number of rotatable bonds is 6. The van der Waals surface area contributed by atoms with Crippen LogP contribution in [0.25, 0.3) is 0 Å². The number of aryl methyl sites for hydroxylation is 1. The lowest BCUT2D eigenvalue weighted by molar-refractivity contribution is 0.595. The Bertz CT molecular complexity index is 624. The molecule has 0 aliphatic heterocycles. The van der Waals surface area contributed by atoms with Gasteiger partial charge in [-0.1, -0.05) is 23.9 Å². The molecule has 0 amide bonds. The molecule has 0 atom stereocenters. The minimum atomic E-state index is -3.18. The molecule has 1 heterocycles. The maximum absolute atomic E-state index is 12.1. The van der Waals surface area contributed by atoms with E-state index in [2.05, 4.69) is 15.2 Å². The van der Waals surface area contributed by atoms with Gasteiger partial charge in [-0.05, 0) is 31.0 Å². The molecule has 1 aromatic heterocycles. The molecule has 5 nitrogen and oxygen atoms in total. The fraction of sp³-hybridized carbons (Fsp3) is 0.333. The molecule has 0 radical (unpaired) electrons. The van der Waals surface area contributed by atoms with Crippen molar-refractivity contribution in [3.63, 3.8) is 0 Å². The molecule has 19 heavy (non-hydrogen) atoms. The van der Waals surface area contributed by atoms with Gasteiger partial charge in [0.15, 0.2) is 15.0 Å². The second-order valence-electron chi connectivity index (χ2n) is 4.13. The van der Waals surface area contributed by atoms with Crippen molar-refractivity contribution in [3.05, 3.63) is 36.2 Å². The molecule has 0 saturated carbocycles. The minimum absolute atomic E-state index is 0.150. The van der Waals surface area contributed by atoms with Gasteiger partial charge in [0.25, 0.3) is 0 Å². The van der Waals surface area contributed by atoms with Gasteiger partial charge in [0.1, 0.15) is 6.33 Å². The normalized spacial score (nSPS) is 11.6. The van der Waals surface area contributed by atoms with Crippen molar-refractivity contribution in [3.8, 4) is 0 Å². The maximum atomic E-state index is 12.1. The summed E-state index contributed by atoms with van der Waals surface area (Å²) in [6.07, 6.45) is 2.02. The first-order chi connectivity index (χ1) is 9.08. The third-order valence-electron chi connectivity index (χ3n) is 2.54. The van der Waals surface area contributed by atoms with E-state index in [-0.39, 0.29) is 5.75 Å². The molecule has 102 valence electrons. The van der Waals surface area contributed by atoms with E-state index in [0.717, 1.165) is 5.56 Å². The second kappa shape index (κ2) is 6.21. The van der Waals surface area contributed by atoms with Crippen LogP contribution in [-0.4, -0.2) is 35.1 Å². The van der Waals surface area contributed by atoms with E-state index in [4.69, 9.17) is 0 Å². The summed E-state index contributed by atoms with van der Waals surface area (Å²) in [5, 5.41) is 7.17. The summed E-state index contributed by atoms with van der Waals surface area (Å²) in [4.78, 5) is 4.37. The highest BCUT2D eigenvalue weighted by Gasteiger charge is 2.13. The maximum Gasteiger partial charge on any atom is 0.183 e. The van der Waals surface area contributed by atoms with Crippen LogP contribution < -0.4 is 0 Å². The van der Waals surface area contributed by atoms with Gasteiger partial charge in [-0.2, -0.15) is 5.10 Å². The van der Waals surface area contributed by atoms with Gasteiger partial charge in [0.05, 0.1) is 10.6 Å². The minimum Gasteiger partial charge on any atom is -0.254 e. The Morgan fingerprint density at radius 3 is 2.89 bits per heavy atom. The van der Waals surface area contributed by atoms with Crippen LogP contribution in [0.4, 0.5) is 0 Å². The van der Waals surface area contributed by atoms with Gasteiger partial charge < -0.3 is 0 Å². The highest BCUT2D eigenvalue weighted by atomic mass is 32.2. The van der Waals surface area contributed by atoms with Crippen molar-refractivity contribution in [1.29, 1.82) is 0 Å². The number of nitrogens with one attached hydrogen (secondary N) is 1. The molecule has 0 aliphatic rings. The Hall–Kier alpha value is -1.34. The van der Waals surface area contributed by atoms with E-state index < -0.39 is 9.84 Å². The van der Waals surface area contributed by atoms with Crippen molar-refractivity contribution in [2.75, 3.05) is 11.5 Å². The zero-order valence-electron chi connectivity index (χ0n) is 10.5. The number of H-pyrrole nitrogens is 1. The molecule has 0 spiro atoms. The molecule has 0 fully saturated rings. The van der Waals surface area contributed by atoms with Crippen LogP contribution in [0.15, 0.2) is 40.6 Å². The topological polar surface area (TPSA) is 75.7 Å². The lowest BCUT2D eigenvalue weighted by Crippen LogP contribution is -2.07. The van der Waals surface area contributed by atoms with Crippen LogP contribution in [0.3, 0.4) is 0 Å². The molecule has 0 saturated heterocycles. The third kappa shape index (κ3) is 4.07. The first kappa shape index (κ1) is 14.1. The summed E-state index contributed by atoms with van der Waals surface area (Å²) in [7, 11) is -3.18. The Balaban J connectivity index is 1.88. The molecule has 2 aromatic rings. The number of aromatic amines is 1. The Morgan fingerprint density at radius 1 is 1.37 bits per heavy atom. The summed E-state index contributed by atoms with van der Waals surface area (Å²) in [5.41, 5.74) is 0.956. The van der Waals surface area contributed by atoms with E-state index >= 15 is 0 Å². The third-order valence-corrected chi connectivity index (χ3v) is 5.30. The van der Waals surface area contributed by atoms with E-state index in [1.165, 1.54) is 18.1 Å². The summed E-state index contributed by atoms with van der Waals surface area (Å²) in [6.45, 7) is 1.89. The molecule has 7 heteroatoms. The molecule has 0 bridgehead atoms. The molecular weight excluding hydrogens is 282 g/mol. The standard InChI is InChI=1S/C12H15N3O2S2/c1-10-4-2-5-11(8-10)19(16,17)7-3-6-18-12-13-9-14-15-12/h2,4-5,8-9H,3,6-7H2,1H3,(H,13,14,15). The van der Waals surface area contributed by atoms with Crippen molar-refractivity contribution in [2.45, 2.75) is 23.4 Å². The van der Waals surface area contributed by atoms with E-state index in [1.54, 1.807) is 18.2 Å². The van der Waals surface area contributed by atoms with Crippen molar-refractivity contribution in [2.24, 2.45) is 0 Å². The quantitative estimate of drug-likeness (QED) is 0.652. The largest absolute Gasteiger partial charge is 0.254 e. The summed E-state index contributed by atoms with van der Waals surface area (Å²) < 4.78 is 24.2. The summed E-state index contributed by atoms with van der Waals surface area (Å²) in [5.74, 6) is 0.845. The number of thioether (sulfide) groups is 1. The van der Waals surface area contributed by atoms with Crippen molar-refractivity contribution in [1.82, 2.24) is 15.2 Å². The predicted molar refractivity (Wildman–Crippen MR) is 75.0 cm³/mol. The van der Waals surface area contributed by atoms with Crippen LogP contribution in [0.1, 0.15) is 12.0 Å². The van der Waals surface area contributed by atoms with Gasteiger partial charge in [0, 0.05) is 5.75 Å². The van der Waals surface area contributed by atoms with E-state index in [0.29, 0.717) is 22.2 Å². The first-order valence-corrected chi connectivity index (χ1v) is 8.49. The molecule has 0 aliphatic carbocycles. The SMILES string of the molecule is Cc1cccc(S(=O)(=O)CCCSc2ncn[nH]2)c1. The van der Waals surface area contributed by atoms with Crippen LogP contribution >= 0.6 is 11.8 Å². The number of benzene rings is 1. The van der Waals surface area contributed by atoms with E-state index in [9.17, 15) is 8.42 Å². The van der Waals surface area contributed by atoms with Crippen LogP contribution in [-0.2, 0) is 9.84 Å². The van der Waals surface area contributed by atoms with Crippen LogP contribution in [0.5, 0.6) is 0 Å². The number of nitrogens with zero attached hydrogens (tertiary/aromatic N) is 2. The highest BCUT2D eigenvalue weighted by Crippen LogP contribution is 2.16. The van der Waals surface area contributed by atoms with Gasteiger partial charge in [-0.15, -0.1) is 0 Å². The van der Waals surface area contributed by atoms with E-state index in [1.807, 2.05) is 13.0 Å².